The fraction of sp³-hybridized carbons (Fsp3) is 0.267. The predicted molar refractivity (Wildman–Crippen MR) is 72.4 cm³/mol. The van der Waals surface area contributed by atoms with Gasteiger partial charge >= 0.3 is 0 Å². The summed E-state index contributed by atoms with van der Waals surface area (Å²) in [4.78, 5) is 13.5. The molecule has 0 radical (unpaired) electrons. The van der Waals surface area contributed by atoms with Crippen LogP contribution in [0, 0.1) is 0 Å². The summed E-state index contributed by atoms with van der Waals surface area (Å²) in [6, 6.07) is 12.1. The Morgan fingerprint density at radius 3 is 2.61 bits per heavy atom. The van der Waals surface area contributed by atoms with E-state index in [-0.39, 0.29) is 0 Å². The highest BCUT2D eigenvalue weighted by Crippen LogP contribution is 2.30. The maximum atomic E-state index is 11.3. The molecular formula is C15H15NO2. The molecule has 0 bridgehead atoms. The van der Waals surface area contributed by atoms with E-state index in [1.165, 1.54) is 5.39 Å². The van der Waals surface area contributed by atoms with E-state index in [9.17, 15) is 4.79 Å². The minimum atomic E-state index is 0.724. The molecule has 0 saturated carbocycles. The highest BCUT2D eigenvalue weighted by atomic mass is 16.5. The monoisotopic (exact) mass is 241 g/mol. The van der Waals surface area contributed by atoms with E-state index >= 15 is 0 Å². The van der Waals surface area contributed by atoms with Crippen LogP contribution < -0.4 is 4.90 Å². The first-order valence-electron chi connectivity index (χ1n) is 6.20. The van der Waals surface area contributed by atoms with Gasteiger partial charge in [0.05, 0.1) is 18.9 Å². The lowest BCUT2D eigenvalue weighted by Crippen LogP contribution is -2.36. The quantitative estimate of drug-likeness (QED) is 0.756. The zero-order valence-corrected chi connectivity index (χ0v) is 10.1. The smallest absolute Gasteiger partial charge is 0.152 e. The highest BCUT2D eigenvalue weighted by molar-refractivity contribution is 6.02. The van der Waals surface area contributed by atoms with E-state index in [1.54, 1.807) is 0 Å². The standard InChI is InChI=1S/C15H15NO2/c17-11-13-6-5-12-3-1-2-4-14(12)15(13)16-7-9-18-10-8-16/h1-6,11H,7-10H2. The third kappa shape index (κ3) is 1.87. The summed E-state index contributed by atoms with van der Waals surface area (Å²) in [6.45, 7) is 3.13. The minimum absolute atomic E-state index is 0.724. The van der Waals surface area contributed by atoms with Crippen molar-refractivity contribution in [1.82, 2.24) is 0 Å². The lowest BCUT2D eigenvalue weighted by Gasteiger charge is -2.30. The van der Waals surface area contributed by atoms with E-state index in [0.717, 1.165) is 49.2 Å². The van der Waals surface area contributed by atoms with Gasteiger partial charge in [0.2, 0.25) is 0 Å². The van der Waals surface area contributed by atoms with Crippen molar-refractivity contribution in [1.29, 1.82) is 0 Å². The first-order valence-corrected chi connectivity index (χ1v) is 6.20. The average molecular weight is 241 g/mol. The van der Waals surface area contributed by atoms with Gasteiger partial charge in [-0.15, -0.1) is 0 Å². The fourth-order valence-electron chi connectivity index (χ4n) is 2.51. The molecule has 3 rings (SSSR count). The molecule has 92 valence electrons. The summed E-state index contributed by atoms with van der Waals surface area (Å²) in [6.07, 6.45) is 0.942. The van der Waals surface area contributed by atoms with Gasteiger partial charge in [0.15, 0.2) is 6.29 Å². The van der Waals surface area contributed by atoms with Crippen LogP contribution in [0.1, 0.15) is 10.4 Å². The number of hydrogen-bond acceptors (Lipinski definition) is 3. The van der Waals surface area contributed by atoms with Crippen LogP contribution in [0.25, 0.3) is 10.8 Å². The van der Waals surface area contributed by atoms with E-state index < -0.39 is 0 Å². The van der Waals surface area contributed by atoms with Crippen LogP contribution in [-0.4, -0.2) is 32.6 Å². The molecule has 18 heavy (non-hydrogen) atoms. The molecule has 0 unspecified atom stereocenters. The van der Waals surface area contributed by atoms with Crippen LogP contribution in [0.15, 0.2) is 36.4 Å². The minimum Gasteiger partial charge on any atom is -0.378 e. The van der Waals surface area contributed by atoms with Gasteiger partial charge in [0.25, 0.3) is 0 Å². The summed E-state index contributed by atoms with van der Waals surface area (Å²) in [5.41, 5.74) is 1.81. The van der Waals surface area contributed by atoms with Gasteiger partial charge in [0, 0.05) is 24.0 Å². The van der Waals surface area contributed by atoms with Crippen molar-refractivity contribution in [3.05, 3.63) is 42.0 Å². The van der Waals surface area contributed by atoms with Gasteiger partial charge in [-0.3, -0.25) is 4.79 Å². The summed E-state index contributed by atoms with van der Waals surface area (Å²) < 4.78 is 5.38. The van der Waals surface area contributed by atoms with Gasteiger partial charge < -0.3 is 9.64 Å². The van der Waals surface area contributed by atoms with Crippen molar-refractivity contribution in [3.63, 3.8) is 0 Å². The molecule has 3 nitrogen and oxygen atoms in total. The summed E-state index contributed by atoms with van der Waals surface area (Å²) >= 11 is 0. The van der Waals surface area contributed by atoms with Crippen LogP contribution in [-0.2, 0) is 4.74 Å². The zero-order chi connectivity index (χ0) is 12.4. The molecule has 3 heteroatoms. The molecule has 0 atom stereocenters. The molecule has 0 aromatic heterocycles. The van der Waals surface area contributed by atoms with Crippen molar-refractivity contribution in [2.75, 3.05) is 31.2 Å². The Morgan fingerprint density at radius 1 is 1.06 bits per heavy atom. The first kappa shape index (κ1) is 11.2. The van der Waals surface area contributed by atoms with Crippen LogP contribution in [0.4, 0.5) is 5.69 Å². The van der Waals surface area contributed by atoms with E-state index in [0.29, 0.717) is 0 Å². The Kier molecular flexibility index (Phi) is 2.99. The maximum absolute atomic E-state index is 11.3. The number of ether oxygens (including phenoxy) is 1. The number of hydrogen-bond donors (Lipinski definition) is 0. The Hall–Kier alpha value is -1.87. The van der Waals surface area contributed by atoms with Crippen LogP contribution in [0.2, 0.25) is 0 Å². The topological polar surface area (TPSA) is 29.5 Å². The number of fused-ring (bicyclic) bond motifs is 1. The van der Waals surface area contributed by atoms with Crippen molar-refractivity contribution in [2.45, 2.75) is 0 Å². The van der Waals surface area contributed by atoms with Crippen molar-refractivity contribution < 1.29 is 9.53 Å². The summed E-state index contributed by atoms with van der Waals surface area (Å²) in [5.74, 6) is 0. The Balaban J connectivity index is 2.19. The van der Waals surface area contributed by atoms with Crippen LogP contribution in [0.3, 0.4) is 0 Å². The Bertz CT molecular complexity index is 574. The number of rotatable bonds is 2. The van der Waals surface area contributed by atoms with Gasteiger partial charge in [0.1, 0.15) is 0 Å². The van der Waals surface area contributed by atoms with Crippen molar-refractivity contribution in [3.8, 4) is 0 Å². The lowest BCUT2D eigenvalue weighted by molar-refractivity contribution is 0.111. The van der Waals surface area contributed by atoms with E-state index in [2.05, 4.69) is 17.0 Å². The Labute approximate surface area is 106 Å². The average Bonchev–Trinajstić information content (AvgIpc) is 2.47. The first-order chi connectivity index (χ1) is 8.90. The molecule has 1 aliphatic rings. The summed E-state index contributed by atoms with van der Waals surface area (Å²) in [7, 11) is 0. The highest BCUT2D eigenvalue weighted by Gasteiger charge is 2.17. The summed E-state index contributed by atoms with van der Waals surface area (Å²) in [5, 5.41) is 2.31. The van der Waals surface area contributed by atoms with E-state index in [4.69, 9.17) is 4.74 Å². The third-order valence-electron chi connectivity index (χ3n) is 3.39. The maximum Gasteiger partial charge on any atom is 0.152 e. The zero-order valence-electron chi connectivity index (χ0n) is 10.1. The number of anilines is 1. The second-order valence-electron chi connectivity index (χ2n) is 4.44. The number of nitrogens with zero attached hydrogens (tertiary/aromatic N) is 1. The largest absolute Gasteiger partial charge is 0.378 e. The molecular weight excluding hydrogens is 226 g/mol. The van der Waals surface area contributed by atoms with Gasteiger partial charge in [-0.05, 0) is 11.5 Å². The number of carbonyl (C=O) groups excluding carboxylic acids is 1. The molecule has 2 aromatic carbocycles. The second-order valence-corrected chi connectivity index (χ2v) is 4.44. The van der Waals surface area contributed by atoms with Crippen LogP contribution in [0.5, 0.6) is 0 Å². The fourth-order valence-corrected chi connectivity index (χ4v) is 2.51. The van der Waals surface area contributed by atoms with Gasteiger partial charge in [-0.2, -0.15) is 0 Å². The van der Waals surface area contributed by atoms with Crippen molar-refractivity contribution >= 4 is 22.7 Å². The molecule has 1 saturated heterocycles. The molecule has 1 heterocycles. The van der Waals surface area contributed by atoms with Gasteiger partial charge in [-0.1, -0.05) is 30.3 Å². The SMILES string of the molecule is O=Cc1ccc2ccccc2c1N1CCOCC1. The molecule has 1 fully saturated rings. The van der Waals surface area contributed by atoms with Crippen molar-refractivity contribution in [2.24, 2.45) is 0 Å². The molecule has 0 N–H and O–H groups in total. The number of morpholine rings is 1. The number of benzene rings is 2. The normalized spacial score (nSPS) is 15.9. The molecule has 0 amide bonds. The van der Waals surface area contributed by atoms with Crippen LogP contribution >= 0.6 is 0 Å². The molecule has 1 aliphatic heterocycles. The molecule has 0 aliphatic carbocycles. The Morgan fingerprint density at radius 2 is 1.83 bits per heavy atom. The molecule has 2 aromatic rings. The number of aldehydes is 1. The lowest BCUT2D eigenvalue weighted by atomic mass is 10.0. The number of carbonyl (C=O) groups is 1. The third-order valence-corrected chi connectivity index (χ3v) is 3.39. The molecule has 0 spiro atoms. The second kappa shape index (κ2) is 4.78. The predicted octanol–water partition coefficient (Wildman–Crippen LogP) is 2.49. The van der Waals surface area contributed by atoms with E-state index in [1.807, 2.05) is 24.3 Å². The van der Waals surface area contributed by atoms with Gasteiger partial charge in [-0.25, -0.2) is 0 Å².